The third kappa shape index (κ3) is 4.11. The molecule has 1 N–H and O–H groups in total. The first-order valence-electron chi connectivity index (χ1n) is 9.77. The molecule has 0 bridgehead atoms. The number of aryl methyl sites for hydroxylation is 1. The van der Waals surface area contributed by atoms with Crippen LogP contribution in [0.15, 0.2) is 78.5 Å². The molecule has 32 heavy (non-hydrogen) atoms. The molecule has 7 nitrogen and oxygen atoms in total. The topological polar surface area (TPSA) is 92.6 Å². The molecule has 0 saturated heterocycles. The van der Waals surface area contributed by atoms with Crippen molar-refractivity contribution in [3.63, 3.8) is 0 Å². The van der Waals surface area contributed by atoms with Gasteiger partial charge in [-0.15, -0.1) is 0 Å². The average Bonchev–Trinajstić information content (AvgIpc) is 2.99. The van der Waals surface area contributed by atoms with Crippen LogP contribution in [0.25, 0.3) is 5.57 Å². The summed E-state index contributed by atoms with van der Waals surface area (Å²) in [6, 6.07) is 18.3. The van der Waals surface area contributed by atoms with E-state index < -0.39 is 22.6 Å². The SMILES string of the molecule is Cc1ccc(CN2C(=O)C(Nc3cccc(F)c3)=C(c3ccc([N+](=O)[O-])cc3)C2=O)cc1. The van der Waals surface area contributed by atoms with Crippen molar-refractivity contribution in [3.8, 4) is 0 Å². The van der Waals surface area contributed by atoms with E-state index in [1.54, 1.807) is 6.07 Å². The predicted molar refractivity (Wildman–Crippen MR) is 117 cm³/mol. The highest BCUT2D eigenvalue weighted by Crippen LogP contribution is 2.32. The smallest absolute Gasteiger partial charge is 0.278 e. The molecule has 8 heteroatoms. The first-order valence-corrected chi connectivity index (χ1v) is 9.77. The lowest BCUT2D eigenvalue weighted by atomic mass is 10.0. The highest BCUT2D eigenvalue weighted by Gasteiger charge is 2.39. The second kappa shape index (κ2) is 8.43. The summed E-state index contributed by atoms with van der Waals surface area (Å²) in [5, 5.41) is 13.8. The number of benzene rings is 3. The Balaban J connectivity index is 1.74. The third-order valence-corrected chi connectivity index (χ3v) is 5.09. The molecule has 1 heterocycles. The molecular formula is C24H18FN3O4. The first kappa shape index (κ1) is 20.9. The van der Waals surface area contributed by atoms with Gasteiger partial charge in [0, 0.05) is 17.8 Å². The zero-order valence-electron chi connectivity index (χ0n) is 17.0. The number of nitro benzene ring substituents is 1. The standard InChI is InChI=1S/C24H18FN3O4/c1-15-5-7-16(8-6-15)14-27-23(29)21(17-9-11-20(12-10-17)28(31)32)22(24(27)30)26-19-4-2-3-18(25)13-19/h2-13,26H,14H2,1H3. The molecule has 1 aliphatic rings. The van der Waals surface area contributed by atoms with E-state index in [4.69, 9.17) is 0 Å². The Morgan fingerprint density at radius 1 is 0.969 bits per heavy atom. The summed E-state index contributed by atoms with van der Waals surface area (Å²) in [4.78, 5) is 38.0. The molecule has 0 saturated carbocycles. The molecule has 0 atom stereocenters. The summed E-state index contributed by atoms with van der Waals surface area (Å²) in [6.07, 6.45) is 0. The van der Waals surface area contributed by atoms with Crippen LogP contribution in [0, 0.1) is 22.9 Å². The molecule has 0 spiro atoms. The largest absolute Gasteiger partial charge is 0.350 e. The van der Waals surface area contributed by atoms with Gasteiger partial charge in [0.1, 0.15) is 11.5 Å². The third-order valence-electron chi connectivity index (χ3n) is 5.09. The van der Waals surface area contributed by atoms with Crippen LogP contribution in [0.1, 0.15) is 16.7 Å². The molecule has 160 valence electrons. The van der Waals surface area contributed by atoms with E-state index in [1.807, 2.05) is 31.2 Å². The van der Waals surface area contributed by atoms with E-state index in [9.17, 15) is 24.1 Å². The predicted octanol–water partition coefficient (Wildman–Crippen LogP) is 4.43. The number of halogens is 1. The van der Waals surface area contributed by atoms with Crippen molar-refractivity contribution in [2.24, 2.45) is 0 Å². The van der Waals surface area contributed by atoms with Crippen LogP contribution in [0.2, 0.25) is 0 Å². The van der Waals surface area contributed by atoms with Gasteiger partial charge >= 0.3 is 0 Å². The monoisotopic (exact) mass is 431 g/mol. The molecule has 0 unspecified atom stereocenters. The van der Waals surface area contributed by atoms with Gasteiger partial charge in [0.15, 0.2) is 0 Å². The van der Waals surface area contributed by atoms with Gasteiger partial charge in [-0.25, -0.2) is 4.39 Å². The highest BCUT2D eigenvalue weighted by molar-refractivity contribution is 6.36. The number of hydrogen-bond donors (Lipinski definition) is 1. The zero-order valence-corrected chi connectivity index (χ0v) is 17.0. The van der Waals surface area contributed by atoms with Gasteiger partial charge in [0.2, 0.25) is 0 Å². The molecular weight excluding hydrogens is 413 g/mol. The summed E-state index contributed by atoms with van der Waals surface area (Å²) in [7, 11) is 0. The van der Waals surface area contributed by atoms with Gasteiger partial charge in [0.25, 0.3) is 17.5 Å². The average molecular weight is 431 g/mol. The lowest BCUT2D eigenvalue weighted by Gasteiger charge is -2.15. The molecule has 1 aliphatic heterocycles. The Labute approximate surface area is 182 Å². The van der Waals surface area contributed by atoms with E-state index >= 15 is 0 Å². The van der Waals surface area contributed by atoms with Gasteiger partial charge in [0.05, 0.1) is 17.0 Å². The number of anilines is 1. The van der Waals surface area contributed by atoms with Crippen molar-refractivity contribution in [1.29, 1.82) is 0 Å². The minimum absolute atomic E-state index is 0.0124. The number of nitro groups is 1. The molecule has 4 rings (SSSR count). The number of imide groups is 1. The van der Waals surface area contributed by atoms with Crippen molar-refractivity contribution in [3.05, 3.63) is 111 Å². The molecule has 3 aromatic rings. The fourth-order valence-electron chi connectivity index (χ4n) is 3.44. The van der Waals surface area contributed by atoms with Gasteiger partial charge in [-0.05, 0) is 48.4 Å². The van der Waals surface area contributed by atoms with Crippen molar-refractivity contribution in [1.82, 2.24) is 4.90 Å². The van der Waals surface area contributed by atoms with Gasteiger partial charge in [-0.1, -0.05) is 35.9 Å². The molecule has 0 aliphatic carbocycles. The van der Waals surface area contributed by atoms with Crippen molar-refractivity contribution < 1.29 is 18.9 Å². The van der Waals surface area contributed by atoms with E-state index in [0.717, 1.165) is 16.0 Å². The summed E-state index contributed by atoms with van der Waals surface area (Å²) in [5.74, 6) is -1.60. The van der Waals surface area contributed by atoms with Crippen molar-refractivity contribution >= 4 is 28.8 Å². The Kier molecular flexibility index (Phi) is 5.51. The van der Waals surface area contributed by atoms with Crippen LogP contribution < -0.4 is 5.32 Å². The van der Waals surface area contributed by atoms with Crippen molar-refractivity contribution in [2.45, 2.75) is 13.5 Å². The molecule has 0 fully saturated rings. The maximum absolute atomic E-state index is 13.7. The number of amides is 2. The van der Waals surface area contributed by atoms with Gasteiger partial charge < -0.3 is 5.32 Å². The normalized spacial score (nSPS) is 13.6. The quantitative estimate of drug-likeness (QED) is 0.354. The highest BCUT2D eigenvalue weighted by atomic mass is 19.1. The van der Waals surface area contributed by atoms with Crippen LogP contribution >= 0.6 is 0 Å². The van der Waals surface area contributed by atoms with E-state index in [1.165, 1.54) is 42.5 Å². The number of nitrogens with one attached hydrogen (secondary N) is 1. The molecule has 0 radical (unpaired) electrons. The number of carbonyl (C=O) groups is 2. The summed E-state index contributed by atoms with van der Waals surface area (Å²) < 4.78 is 13.7. The maximum Gasteiger partial charge on any atom is 0.278 e. The molecule has 2 amide bonds. The second-order valence-electron chi connectivity index (χ2n) is 7.37. The summed E-state index contributed by atoms with van der Waals surface area (Å²) in [6.45, 7) is 1.99. The number of nitrogens with zero attached hydrogens (tertiary/aromatic N) is 2. The minimum Gasteiger partial charge on any atom is -0.350 e. The van der Waals surface area contributed by atoms with Crippen LogP contribution in [0.5, 0.6) is 0 Å². The Hall–Kier alpha value is -4.33. The first-order chi connectivity index (χ1) is 15.3. The zero-order chi connectivity index (χ0) is 22.8. The van der Waals surface area contributed by atoms with E-state index in [-0.39, 0.29) is 23.5 Å². The van der Waals surface area contributed by atoms with E-state index in [0.29, 0.717) is 11.3 Å². The van der Waals surface area contributed by atoms with Crippen LogP contribution in [0.3, 0.4) is 0 Å². The van der Waals surface area contributed by atoms with Crippen LogP contribution in [-0.4, -0.2) is 21.6 Å². The molecule has 0 aromatic heterocycles. The van der Waals surface area contributed by atoms with Crippen LogP contribution in [-0.2, 0) is 16.1 Å². The number of carbonyl (C=O) groups excluding carboxylic acids is 2. The number of non-ortho nitro benzene ring substituents is 1. The number of hydrogen-bond acceptors (Lipinski definition) is 5. The van der Waals surface area contributed by atoms with Gasteiger partial charge in [-0.3, -0.25) is 24.6 Å². The summed E-state index contributed by atoms with van der Waals surface area (Å²) in [5.41, 5.74) is 2.39. The van der Waals surface area contributed by atoms with Crippen LogP contribution in [0.4, 0.5) is 15.8 Å². The fourth-order valence-corrected chi connectivity index (χ4v) is 3.44. The molecule has 3 aromatic carbocycles. The Morgan fingerprint density at radius 3 is 2.28 bits per heavy atom. The minimum atomic E-state index is -0.562. The van der Waals surface area contributed by atoms with Gasteiger partial charge in [-0.2, -0.15) is 0 Å². The Morgan fingerprint density at radius 2 is 1.66 bits per heavy atom. The second-order valence-corrected chi connectivity index (χ2v) is 7.37. The van der Waals surface area contributed by atoms with E-state index in [2.05, 4.69) is 5.32 Å². The maximum atomic E-state index is 13.7. The fraction of sp³-hybridized carbons (Fsp3) is 0.0833. The Bertz CT molecular complexity index is 1250. The lowest BCUT2D eigenvalue weighted by Crippen LogP contribution is -2.32. The lowest BCUT2D eigenvalue weighted by molar-refractivity contribution is -0.384. The number of rotatable bonds is 6. The van der Waals surface area contributed by atoms with Crippen molar-refractivity contribution in [2.75, 3.05) is 5.32 Å². The summed E-state index contributed by atoms with van der Waals surface area (Å²) >= 11 is 0.